The van der Waals surface area contributed by atoms with Crippen LogP contribution in [0.2, 0.25) is 0 Å². The van der Waals surface area contributed by atoms with Gasteiger partial charge in [0.25, 0.3) is 17.7 Å². The highest BCUT2D eigenvalue weighted by atomic mass is 16.2. The standard InChI is InChI=1S/C19H12N2O3/c20-15-10-4-9-14-16(15)19(24)21(18(14)23)17(22)13-8-3-6-11-5-1-2-7-12(11)13/h1-10H,20H2. The Balaban J connectivity index is 1.85. The van der Waals surface area contributed by atoms with Crippen LogP contribution >= 0.6 is 0 Å². The van der Waals surface area contributed by atoms with Gasteiger partial charge in [-0.05, 0) is 29.0 Å². The van der Waals surface area contributed by atoms with E-state index < -0.39 is 17.7 Å². The molecular weight excluding hydrogens is 304 g/mol. The summed E-state index contributed by atoms with van der Waals surface area (Å²) in [4.78, 5) is 38.7. The number of hydrogen-bond donors (Lipinski definition) is 1. The quantitative estimate of drug-likeness (QED) is 0.553. The molecule has 24 heavy (non-hydrogen) atoms. The van der Waals surface area contributed by atoms with Gasteiger partial charge in [0, 0.05) is 11.3 Å². The molecule has 2 N–H and O–H groups in total. The molecule has 3 aromatic carbocycles. The van der Waals surface area contributed by atoms with E-state index in [-0.39, 0.29) is 16.8 Å². The summed E-state index contributed by atoms with van der Waals surface area (Å²) in [7, 11) is 0. The van der Waals surface area contributed by atoms with E-state index in [4.69, 9.17) is 5.73 Å². The molecule has 0 aliphatic carbocycles. The largest absolute Gasteiger partial charge is 0.398 e. The zero-order valence-corrected chi connectivity index (χ0v) is 12.5. The SMILES string of the molecule is Nc1cccc2c1C(=O)N(C(=O)c1cccc3ccccc13)C2=O. The van der Waals surface area contributed by atoms with Crippen molar-refractivity contribution in [1.82, 2.24) is 4.90 Å². The number of imide groups is 3. The van der Waals surface area contributed by atoms with E-state index in [0.717, 1.165) is 5.39 Å². The topological polar surface area (TPSA) is 80.5 Å². The van der Waals surface area contributed by atoms with Crippen molar-refractivity contribution in [2.75, 3.05) is 5.73 Å². The van der Waals surface area contributed by atoms with Crippen LogP contribution in [0.3, 0.4) is 0 Å². The van der Waals surface area contributed by atoms with Gasteiger partial charge in [-0.2, -0.15) is 0 Å². The van der Waals surface area contributed by atoms with Gasteiger partial charge in [0.15, 0.2) is 0 Å². The number of nitrogens with two attached hydrogens (primary N) is 1. The highest BCUT2D eigenvalue weighted by molar-refractivity contribution is 6.33. The number of benzene rings is 3. The Morgan fingerprint density at radius 3 is 2.33 bits per heavy atom. The second kappa shape index (κ2) is 5.03. The Kier molecular flexibility index (Phi) is 2.96. The predicted octanol–water partition coefficient (Wildman–Crippen LogP) is 2.86. The molecule has 0 aromatic heterocycles. The van der Waals surface area contributed by atoms with Crippen molar-refractivity contribution < 1.29 is 14.4 Å². The second-order valence-electron chi connectivity index (χ2n) is 5.55. The summed E-state index contributed by atoms with van der Waals surface area (Å²) in [6.07, 6.45) is 0. The third-order valence-corrected chi connectivity index (χ3v) is 4.17. The van der Waals surface area contributed by atoms with Gasteiger partial charge in [0.1, 0.15) is 0 Å². The van der Waals surface area contributed by atoms with E-state index in [0.29, 0.717) is 15.8 Å². The molecule has 0 radical (unpaired) electrons. The molecule has 0 saturated heterocycles. The maximum absolute atomic E-state index is 12.9. The van der Waals surface area contributed by atoms with Gasteiger partial charge in [-0.1, -0.05) is 42.5 Å². The van der Waals surface area contributed by atoms with Crippen molar-refractivity contribution in [3.63, 3.8) is 0 Å². The molecule has 0 spiro atoms. The molecule has 3 amide bonds. The number of rotatable bonds is 1. The van der Waals surface area contributed by atoms with Crippen LogP contribution in [0.4, 0.5) is 5.69 Å². The number of hydrogen-bond acceptors (Lipinski definition) is 4. The molecule has 5 nitrogen and oxygen atoms in total. The number of fused-ring (bicyclic) bond motifs is 2. The normalized spacial score (nSPS) is 13.4. The van der Waals surface area contributed by atoms with Crippen LogP contribution in [-0.2, 0) is 0 Å². The minimum Gasteiger partial charge on any atom is -0.398 e. The Bertz CT molecular complexity index is 1030. The smallest absolute Gasteiger partial charge is 0.270 e. The van der Waals surface area contributed by atoms with E-state index in [2.05, 4.69) is 0 Å². The summed E-state index contributed by atoms with van der Waals surface area (Å²) in [5.74, 6) is -1.95. The van der Waals surface area contributed by atoms with Crippen LogP contribution < -0.4 is 5.73 Å². The molecule has 0 unspecified atom stereocenters. The third-order valence-electron chi connectivity index (χ3n) is 4.17. The van der Waals surface area contributed by atoms with E-state index in [1.165, 1.54) is 12.1 Å². The van der Waals surface area contributed by atoms with Gasteiger partial charge in [0.2, 0.25) is 0 Å². The Morgan fingerprint density at radius 1 is 0.833 bits per heavy atom. The van der Waals surface area contributed by atoms with Crippen molar-refractivity contribution in [2.24, 2.45) is 0 Å². The average molecular weight is 316 g/mol. The fourth-order valence-corrected chi connectivity index (χ4v) is 3.03. The van der Waals surface area contributed by atoms with E-state index in [1.807, 2.05) is 18.2 Å². The van der Waals surface area contributed by atoms with Crippen LogP contribution in [0, 0.1) is 0 Å². The molecule has 0 fully saturated rings. The first-order valence-corrected chi connectivity index (χ1v) is 7.39. The van der Waals surface area contributed by atoms with E-state index in [1.54, 1.807) is 30.3 Å². The first-order valence-electron chi connectivity index (χ1n) is 7.39. The molecule has 0 bridgehead atoms. The summed E-state index contributed by atoms with van der Waals surface area (Å²) < 4.78 is 0. The molecule has 1 aliphatic heterocycles. The van der Waals surface area contributed by atoms with E-state index >= 15 is 0 Å². The van der Waals surface area contributed by atoms with Gasteiger partial charge in [-0.15, -0.1) is 0 Å². The minimum atomic E-state index is -0.675. The molecule has 1 heterocycles. The summed E-state index contributed by atoms with van der Waals surface area (Å²) in [5, 5.41) is 1.55. The minimum absolute atomic E-state index is 0.0936. The first kappa shape index (κ1) is 14.1. The van der Waals surface area contributed by atoms with Crippen LogP contribution in [0.5, 0.6) is 0 Å². The summed E-state index contributed by atoms with van der Waals surface area (Å²) in [6, 6.07) is 17.1. The van der Waals surface area contributed by atoms with Gasteiger partial charge in [-0.25, -0.2) is 4.90 Å². The fraction of sp³-hybridized carbons (Fsp3) is 0. The monoisotopic (exact) mass is 316 g/mol. The molecule has 4 rings (SSSR count). The molecular formula is C19H12N2O3. The number of carbonyl (C=O) groups is 3. The second-order valence-corrected chi connectivity index (χ2v) is 5.55. The average Bonchev–Trinajstić information content (AvgIpc) is 2.86. The van der Waals surface area contributed by atoms with Gasteiger partial charge < -0.3 is 5.73 Å². The van der Waals surface area contributed by atoms with Crippen molar-refractivity contribution in [3.8, 4) is 0 Å². The number of nitrogen functional groups attached to an aromatic ring is 1. The van der Waals surface area contributed by atoms with Crippen LogP contribution in [0.1, 0.15) is 31.1 Å². The zero-order valence-electron chi connectivity index (χ0n) is 12.5. The molecule has 0 atom stereocenters. The van der Waals surface area contributed by atoms with Crippen LogP contribution in [-0.4, -0.2) is 22.6 Å². The molecule has 0 saturated carbocycles. The summed E-state index contributed by atoms with van der Waals surface area (Å²) in [6.45, 7) is 0. The lowest BCUT2D eigenvalue weighted by molar-refractivity contribution is 0.0567. The molecule has 1 aliphatic rings. The van der Waals surface area contributed by atoms with Crippen molar-refractivity contribution in [3.05, 3.63) is 77.4 Å². The van der Waals surface area contributed by atoms with E-state index in [9.17, 15) is 14.4 Å². The number of carbonyl (C=O) groups excluding carboxylic acids is 3. The summed E-state index contributed by atoms with van der Waals surface area (Å²) >= 11 is 0. The highest BCUT2D eigenvalue weighted by Crippen LogP contribution is 2.30. The zero-order chi connectivity index (χ0) is 16.8. The fourth-order valence-electron chi connectivity index (χ4n) is 3.03. The Hall–Kier alpha value is -3.47. The lowest BCUT2D eigenvalue weighted by atomic mass is 10.0. The molecule has 116 valence electrons. The number of nitrogens with zero attached hydrogens (tertiary/aromatic N) is 1. The van der Waals surface area contributed by atoms with Gasteiger partial charge in [-0.3, -0.25) is 14.4 Å². The Morgan fingerprint density at radius 2 is 1.54 bits per heavy atom. The van der Waals surface area contributed by atoms with Crippen LogP contribution in [0.15, 0.2) is 60.7 Å². The molecule has 3 aromatic rings. The van der Waals surface area contributed by atoms with Crippen molar-refractivity contribution >= 4 is 34.2 Å². The predicted molar refractivity (Wildman–Crippen MR) is 89.6 cm³/mol. The maximum atomic E-state index is 12.9. The maximum Gasteiger partial charge on any atom is 0.270 e. The Labute approximate surface area is 137 Å². The summed E-state index contributed by atoms with van der Waals surface area (Å²) in [5.41, 5.74) is 6.56. The number of anilines is 1. The van der Waals surface area contributed by atoms with Gasteiger partial charge in [0.05, 0.1) is 11.1 Å². The lowest BCUT2D eigenvalue weighted by Gasteiger charge is -2.13. The number of amides is 3. The van der Waals surface area contributed by atoms with Gasteiger partial charge >= 0.3 is 0 Å². The van der Waals surface area contributed by atoms with Crippen LogP contribution in [0.25, 0.3) is 10.8 Å². The van der Waals surface area contributed by atoms with Crippen molar-refractivity contribution in [1.29, 1.82) is 0 Å². The third kappa shape index (κ3) is 1.85. The molecule has 5 heteroatoms. The van der Waals surface area contributed by atoms with Crippen molar-refractivity contribution in [2.45, 2.75) is 0 Å². The first-order chi connectivity index (χ1) is 11.6. The lowest BCUT2D eigenvalue weighted by Crippen LogP contribution is -2.36. The highest BCUT2D eigenvalue weighted by Gasteiger charge is 2.41.